The molecule has 1 aromatic heterocycles. The van der Waals surface area contributed by atoms with Crippen molar-refractivity contribution in [3.05, 3.63) is 24.3 Å². The van der Waals surface area contributed by atoms with Crippen molar-refractivity contribution in [2.45, 2.75) is 13.0 Å². The van der Waals surface area contributed by atoms with Crippen LogP contribution in [-0.2, 0) is 0 Å². The molecule has 0 saturated heterocycles. The number of hydrogen-bond donors (Lipinski definition) is 1. The van der Waals surface area contributed by atoms with Crippen LogP contribution in [0.25, 0.3) is 0 Å². The van der Waals surface area contributed by atoms with E-state index in [1.165, 1.54) is 0 Å². The van der Waals surface area contributed by atoms with Crippen molar-refractivity contribution in [1.29, 1.82) is 0 Å². The first kappa shape index (κ1) is 7.70. The van der Waals surface area contributed by atoms with Gasteiger partial charge in [0.15, 0.2) is 11.9 Å². The van der Waals surface area contributed by atoms with Crippen LogP contribution in [0.5, 0.6) is 0 Å². The summed E-state index contributed by atoms with van der Waals surface area (Å²) in [6.45, 7) is 1.66. The Hall–Kier alpha value is -1.40. The molecule has 11 heavy (non-hydrogen) atoms. The summed E-state index contributed by atoms with van der Waals surface area (Å²) in [5, 5.41) is 9.22. The predicted molar refractivity (Wildman–Crippen MR) is 40.4 cm³/mol. The van der Waals surface area contributed by atoms with E-state index in [-0.39, 0.29) is 0 Å². The normalized spacial score (nSPS) is 11.5. The monoisotopic (exact) mass is 148 g/mol. The van der Waals surface area contributed by atoms with E-state index in [0.717, 1.165) is 0 Å². The summed E-state index contributed by atoms with van der Waals surface area (Å²) in [7, 11) is 0. The number of aliphatic hydroxyl groups is 1. The molecular formula is C8H8N2O. The zero-order chi connectivity index (χ0) is 8.10. The SMILES string of the molecule is CC#C[C@H](O)c1ncccn1. The van der Waals surface area contributed by atoms with E-state index in [2.05, 4.69) is 21.8 Å². The number of aliphatic hydroxyl groups excluding tert-OH is 1. The first-order valence-electron chi connectivity index (χ1n) is 3.22. The zero-order valence-electron chi connectivity index (χ0n) is 6.15. The summed E-state index contributed by atoms with van der Waals surface area (Å²) < 4.78 is 0. The molecule has 0 aliphatic carbocycles. The number of nitrogens with zero attached hydrogens (tertiary/aromatic N) is 2. The van der Waals surface area contributed by atoms with Crippen LogP contribution < -0.4 is 0 Å². The molecule has 56 valence electrons. The largest absolute Gasteiger partial charge is 0.373 e. The van der Waals surface area contributed by atoms with Crippen molar-refractivity contribution in [2.24, 2.45) is 0 Å². The van der Waals surface area contributed by atoms with Gasteiger partial charge in [-0.1, -0.05) is 5.92 Å². The van der Waals surface area contributed by atoms with Crippen LogP contribution in [-0.4, -0.2) is 15.1 Å². The van der Waals surface area contributed by atoms with E-state index in [4.69, 9.17) is 0 Å². The van der Waals surface area contributed by atoms with Crippen molar-refractivity contribution in [3.8, 4) is 11.8 Å². The zero-order valence-corrected chi connectivity index (χ0v) is 6.15. The molecule has 0 spiro atoms. The molecular weight excluding hydrogens is 140 g/mol. The van der Waals surface area contributed by atoms with Crippen molar-refractivity contribution in [1.82, 2.24) is 9.97 Å². The lowest BCUT2D eigenvalue weighted by atomic mass is 10.3. The average molecular weight is 148 g/mol. The second-order valence-corrected chi connectivity index (χ2v) is 1.90. The lowest BCUT2D eigenvalue weighted by Crippen LogP contribution is -1.99. The van der Waals surface area contributed by atoms with E-state index in [1.54, 1.807) is 25.4 Å². The van der Waals surface area contributed by atoms with Gasteiger partial charge < -0.3 is 5.11 Å². The van der Waals surface area contributed by atoms with Crippen LogP contribution in [0.4, 0.5) is 0 Å². The molecule has 0 unspecified atom stereocenters. The van der Waals surface area contributed by atoms with Gasteiger partial charge in [0.2, 0.25) is 0 Å². The molecule has 3 nitrogen and oxygen atoms in total. The Bertz CT molecular complexity index is 273. The van der Waals surface area contributed by atoms with Crippen molar-refractivity contribution >= 4 is 0 Å². The third kappa shape index (κ3) is 2.03. The van der Waals surface area contributed by atoms with E-state index >= 15 is 0 Å². The van der Waals surface area contributed by atoms with Crippen LogP contribution in [0.15, 0.2) is 18.5 Å². The van der Waals surface area contributed by atoms with Crippen LogP contribution in [0, 0.1) is 11.8 Å². The maximum atomic E-state index is 9.22. The number of hydrogen-bond acceptors (Lipinski definition) is 3. The van der Waals surface area contributed by atoms with E-state index < -0.39 is 6.10 Å². The molecule has 1 heterocycles. The van der Waals surface area contributed by atoms with Crippen LogP contribution in [0.3, 0.4) is 0 Å². The summed E-state index contributed by atoms with van der Waals surface area (Å²) in [6, 6.07) is 1.69. The van der Waals surface area contributed by atoms with Gasteiger partial charge in [-0.3, -0.25) is 0 Å². The van der Waals surface area contributed by atoms with Crippen molar-refractivity contribution in [2.75, 3.05) is 0 Å². The highest BCUT2D eigenvalue weighted by atomic mass is 16.3. The van der Waals surface area contributed by atoms with Crippen LogP contribution in [0.2, 0.25) is 0 Å². The lowest BCUT2D eigenvalue weighted by molar-refractivity contribution is 0.227. The Morgan fingerprint density at radius 1 is 1.45 bits per heavy atom. The number of aromatic nitrogens is 2. The van der Waals surface area contributed by atoms with E-state index in [1.807, 2.05) is 0 Å². The third-order valence-electron chi connectivity index (χ3n) is 1.11. The second-order valence-electron chi connectivity index (χ2n) is 1.90. The predicted octanol–water partition coefficient (Wildman–Crippen LogP) is 0.533. The molecule has 0 aliphatic heterocycles. The van der Waals surface area contributed by atoms with Gasteiger partial charge >= 0.3 is 0 Å². The Balaban J connectivity index is 2.82. The van der Waals surface area contributed by atoms with Gasteiger partial charge in [0.25, 0.3) is 0 Å². The van der Waals surface area contributed by atoms with Crippen LogP contribution in [0.1, 0.15) is 18.9 Å². The quantitative estimate of drug-likeness (QED) is 0.591. The van der Waals surface area contributed by atoms with E-state index in [0.29, 0.717) is 5.82 Å². The molecule has 3 heteroatoms. The average Bonchev–Trinajstić information content (AvgIpc) is 2.07. The van der Waals surface area contributed by atoms with Gasteiger partial charge in [-0.15, -0.1) is 5.92 Å². The van der Waals surface area contributed by atoms with Gasteiger partial charge in [0, 0.05) is 12.4 Å². The fraction of sp³-hybridized carbons (Fsp3) is 0.250. The summed E-state index contributed by atoms with van der Waals surface area (Å²) in [6.07, 6.45) is 2.28. The molecule has 0 amide bonds. The van der Waals surface area contributed by atoms with Gasteiger partial charge in [-0.05, 0) is 13.0 Å². The lowest BCUT2D eigenvalue weighted by Gasteiger charge is -1.98. The minimum absolute atomic E-state index is 0.349. The molecule has 1 N–H and O–H groups in total. The van der Waals surface area contributed by atoms with Crippen molar-refractivity contribution in [3.63, 3.8) is 0 Å². The highest BCUT2D eigenvalue weighted by Crippen LogP contribution is 2.02. The molecule has 0 aromatic carbocycles. The molecule has 0 radical (unpaired) electrons. The fourth-order valence-electron chi connectivity index (χ4n) is 0.653. The Kier molecular flexibility index (Phi) is 2.59. The van der Waals surface area contributed by atoms with Crippen LogP contribution >= 0.6 is 0 Å². The third-order valence-corrected chi connectivity index (χ3v) is 1.11. The van der Waals surface area contributed by atoms with Gasteiger partial charge in [-0.25, -0.2) is 9.97 Å². The minimum Gasteiger partial charge on any atom is -0.373 e. The summed E-state index contributed by atoms with van der Waals surface area (Å²) in [5.74, 6) is 5.48. The van der Waals surface area contributed by atoms with E-state index in [9.17, 15) is 5.11 Å². The fourth-order valence-corrected chi connectivity index (χ4v) is 0.653. The van der Waals surface area contributed by atoms with Gasteiger partial charge in [0.05, 0.1) is 0 Å². The summed E-state index contributed by atoms with van der Waals surface area (Å²) >= 11 is 0. The smallest absolute Gasteiger partial charge is 0.174 e. The molecule has 0 bridgehead atoms. The van der Waals surface area contributed by atoms with Gasteiger partial charge in [-0.2, -0.15) is 0 Å². The Morgan fingerprint density at radius 3 is 2.64 bits per heavy atom. The topological polar surface area (TPSA) is 46.0 Å². The number of rotatable bonds is 1. The molecule has 0 saturated carbocycles. The summed E-state index contributed by atoms with van der Waals surface area (Å²) in [4.78, 5) is 7.67. The maximum absolute atomic E-state index is 9.22. The highest BCUT2D eigenvalue weighted by molar-refractivity contribution is 5.10. The van der Waals surface area contributed by atoms with Gasteiger partial charge in [0.1, 0.15) is 0 Å². The maximum Gasteiger partial charge on any atom is 0.174 e. The first-order valence-corrected chi connectivity index (χ1v) is 3.22. The van der Waals surface area contributed by atoms with Crippen molar-refractivity contribution < 1.29 is 5.11 Å². The molecule has 1 rings (SSSR count). The molecule has 0 fully saturated rings. The second kappa shape index (κ2) is 3.69. The highest BCUT2D eigenvalue weighted by Gasteiger charge is 2.03. The standard InChI is InChI=1S/C8H8N2O/c1-2-4-7(11)8-9-5-3-6-10-8/h3,5-7,11H,1H3/t7-/m0/s1. The first-order chi connectivity index (χ1) is 5.34. The molecule has 0 aliphatic rings. The molecule has 1 atom stereocenters. The minimum atomic E-state index is -0.860. The molecule has 1 aromatic rings. The Morgan fingerprint density at radius 2 is 2.09 bits per heavy atom. The Labute approximate surface area is 65.1 Å². The summed E-state index contributed by atoms with van der Waals surface area (Å²) in [5.41, 5.74) is 0.